The quantitative estimate of drug-likeness (QED) is 0.696. The van der Waals surface area contributed by atoms with Crippen molar-refractivity contribution >= 4 is 23.1 Å². The molecule has 0 saturated carbocycles. The first-order valence-electron chi connectivity index (χ1n) is 6.92. The van der Waals surface area contributed by atoms with Gasteiger partial charge in [0.15, 0.2) is 0 Å². The second-order valence-corrected chi connectivity index (χ2v) is 6.35. The number of thioether (sulfide) groups is 1. The van der Waals surface area contributed by atoms with Crippen molar-refractivity contribution in [3.63, 3.8) is 0 Å². The zero-order chi connectivity index (χ0) is 15.4. The number of benzene rings is 1. The third-order valence-corrected chi connectivity index (χ3v) is 4.89. The van der Waals surface area contributed by atoms with Crippen molar-refractivity contribution in [3.05, 3.63) is 41.2 Å². The maximum atomic E-state index is 5.39. The average molecular weight is 332 g/mol. The lowest BCUT2D eigenvalue weighted by atomic mass is 10.2. The van der Waals surface area contributed by atoms with Crippen molar-refractivity contribution < 1.29 is 4.74 Å². The fourth-order valence-electron chi connectivity index (χ4n) is 1.96. The van der Waals surface area contributed by atoms with Crippen LogP contribution in [0.3, 0.4) is 0 Å². The number of thiazole rings is 1. The number of para-hydroxylation sites is 1. The van der Waals surface area contributed by atoms with Crippen molar-refractivity contribution in [2.45, 2.75) is 24.3 Å². The van der Waals surface area contributed by atoms with E-state index in [1.54, 1.807) is 30.2 Å². The van der Waals surface area contributed by atoms with E-state index in [1.807, 2.05) is 24.3 Å². The first-order valence-corrected chi connectivity index (χ1v) is 8.78. The second kappa shape index (κ2) is 6.93. The van der Waals surface area contributed by atoms with Gasteiger partial charge in [-0.3, -0.25) is 5.10 Å². The molecule has 0 amide bonds. The van der Waals surface area contributed by atoms with E-state index in [0.29, 0.717) is 0 Å². The molecule has 3 aromatic rings. The van der Waals surface area contributed by atoms with Gasteiger partial charge in [-0.2, -0.15) is 0 Å². The van der Waals surface area contributed by atoms with Crippen LogP contribution in [0.25, 0.3) is 10.6 Å². The van der Waals surface area contributed by atoms with Crippen LogP contribution < -0.4 is 4.74 Å². The summed E-state index contributed by atoms with van der Waals surface area (Å²) in [5.74, 6) is 2.51. The van der Waals surface area contributed by atoms with Gasteiger partial charge in [-0.05, 0) is 12.1 Å². The van der Waals surface area contributed by atoms with Crippen molar-refractivity contribution in [2.24, 2.45) is 0 Å². The summed E-state index contributed by atoms with van der Waals surface area (Å²) in [6.07, 6.45) is 0.863. The van der Waals surface area contributed by atoms with Crippen LogP contribution in [-0.2, 0) is 12.2 Å². The first-order chi connectivity index (χ1) is 10.8. The summed E-state index contributed by atoms with van der Waals surface area (Å²) >= 11 is 3.21. The van der Waals surface area contributed by atoms with Gasteiger partial charge in [-0.1, -0.05) is 30.8 Å². The van der Waals surface area contributed by atoms with E-state index in [4.69, 9.17) is 4.74 Å². The van der Waals surface area contributed by atoms with Crippen molar-refractivity contribution in [1.82, 2.24) is 20.2 Å². The van der Waals surface area contributed by atoms with Crippen LogP contribution in [0.5, 0.6) is 5.75 Å². The molecule has 22 heavy (non-hydrogen) atoms. The number of methoxy groups -OCH3 is 1. The summed E-state index contributed by atoms with van der Waals surface area (Å²) in [5.41, 5.74) is 2.05. The summed E-state index contributed by atoms with van der Waals surface area (Å²) in [4.78, 5) is 9.07. The number of aryl methyl sites for hydroxylation is 1. The minimum atomic E-state index is 0.757. The van der Waals surface area contributed by atoms with E-state index in [9.17, 15) is 0 Å². The van der Waals surface area contributed by atoms with Gasteiger partial charge in [-0.25, -0.2) is 9.97 Å². The monoisotopic (exact) mass is 332 g/mol. The van der Waals surface area contributed by atoms with Crippen LogP contribution in [0.15, 0.2) is 34.8 Å². The molecule has 0 unspecified atom stereocenters. The van der Waals surface area contributed by atoms with E-state index in [2.05, 4.69) is 32.5 Å². The van der Waals surface area contributed by atoms with Crippen LogP contribution in [0.4, 0.5) is 0 Å². The molecule has 1 N–H and O–H groups in total. The molecule has 0 spiro atoms. The van der Waals surface area contributed by atoms with Gasteiger partial charge >= 0.3 is 0 Å². The number of nitrogens with one attached hydrogen (secondary N) is 1. The molecule has 0 bridgehead atoms. The van der Waals surface area contributed by atoms with E-state index < -0.39 is 0 Å². The lowest BCUT2D eigenvalue weighted by Crippen LogP contribution is -1.88. The van der Waals surface area contributed by atoms with E-state index in [1.165, 1.54) is 0 Å². The van der Waals surface area contributed by atoms with Crippen LogP contribution in [0.1, 0.15) is 18.4 Å². The lowest BCUT2D eigenvalue weighted by Gasteiger charge is -2.04. The SMILES string of the molecule is CCc1nc(SCc2csc(-c3ccccc3OC)n2)n[nH]1. The average Bonchev–Trinajstić information content (AvgIpc) is 3.22. The van der Waals surface area contributed by atoms with Crippen LogP contribution in [0, 0.1) is 0 Å². The maximum absolute atomic E-state index is 5.39. The standard InChI is InChI=1S/C15H16N4OS2/c1-3-13-17-15(19-18-13)22-9-10-8-21-14(16-10)11-6-4-5-7-12(11)20-2/h4-8H,3,9H2,1-2H3,(H,17,18,19). The molecular weight excluding hydrogens is 316 g/mol. The van der Waals surface area contributed by atoms with Gasteiger partial charge < -0.3 is 4.74 Å². The van der Waals surface area contributed by atoms with Gasteiger partial charge in [-0.15, -0.1) is 16.4 Å². The summed E-state index contributed by atoms with van der Waals surface area (Å²) in [7, 11) is 1.68. The Balaban J connectivity index is 1.71. The second-order valence-electron chi connectivity index (χ2n) is 4.55. The molecule has 0 aliphatic rings. The van der Waals surface area contributed by atoms with E-state index >= 15 is 0 Å². The Morgan fingerprint density at radius 3 is 2.91 bits per heavy atom. The molecule has 0 atom stereocenters. The van der Waals surface area contributed by atoms with Gasteiger partial charge in [0, 0.05) is 17.6 Å². The van der Waals surface area contributed by atoms with Crippen LogP contribution in [-0.4, -0.2) is 27.3 Å². The van der Waals surface area contributed by atoms with Crippen LogP contribution >= 0.6 is 23.1 Å². The summed E-state index contributed by atoms with van der Waals surface area (Å²) < 4.78 is 5.39. The van der Waals surface area contributed by atoms with E-state index in [0.717, 1.165) is 45.2 Å². The van der Waals surface area contributed by atoms with Crippen molar-refractivity contribution in [2.75, 3.05) is 7.11 Å². The predicted molar refractivity (Wildman–Crippen MR) is 89.4 cm³/mol. The highest BCUT2D eigenvalue weighted by Crippen LogP contribution is 2.32. The number of ether oxygens (including phenoxy) is 1. The summed E-state index contributed by atoms with van der Waals surface area (Å²) in [6.45, 7) is 2.05. The molecular formula is C15H16N4OS2. The molecule has 3 rings (SSSR count). The van der Waals surface area contributed by atoms with Gasteiger partial charge in [0.2, 0.25) is 5.16 Å². The minimum absolute atomic E-state index is 0.757. The molecule has 0 fully saturated rings. The summed E-state index contributed by atoms with van der Waals surface area (Å²) in [6, 6.07) is 7.93. The number of aromatic amines is 1. The summed E-state index contributed by atoms with van der Waals surface area (Å²) in [5, 5.41) is 10.9. The number of hydrogen-bond acceptors (Lipinski definition) is 6. The zero-order valence-electron chi connectivity index (χ0n) is 12.4. The molecule has 7 heteroatoms. The van der Waals surface area contributed by atoms with Crippen molar-refractivity contribution in [1.29, 1.82) is 0 Å². The Hall–Kier alpha value is -1.86. The number of nitrogens with zero attached hydrogens (tertiary/aromatic N) is 3. The Bertz CT molecular complexity index is 753. The highest BCUT2D eigenvalue weighted by Gasteiger charge is 2.10. The normalized spacial score (nSPS) is 10.8. The van der Waals surface area contributed by atoms with Gasteiger partial charge in [0.1, 0.15) is 16.6 Å². The molecule has 2 aromatic heterocycles. The molecule has 0 radical (unpaired) electrons. The largest absolute Gasteiger partial charge is 0.496 e. The third kappa shape index (κ3) is 3.31. The van der Waals surface area contributed by atoms with Crippen molar-refractivity contribution in [3.8, 4) is 16.3 Å². The Morgan fingerprint density at radius 1 is 1.27 bits per heavy atom. The molecule has 5 nitrogen and oxygen atoms in total. The fraction of sp³-hybridized carbons (Fsp3) is 0.267. The molecule has 1 aromatic carbocycles. The maximum Gasteiger partial charge on any atom is 0.208 e. The van der Waals surface area contributed by atoms with Crippen LogP contribution in [0.2, 0.25) is 0 Å². The number of rotatable bonds is 6. The van der Waals surface area contributed by atoms with E-state index in [-0.39, 0.29) is 0 Å². The molecule has 2 heterocycles. The Kier molecular flexibility index (Phi) is 4.74. The highest BCUT2D eigenvalue weighted by atomic mass is 32.2. The smallest absolute Gasteiger partial charge is 0.208 e. The zero-order valence-corrected chi connectivity index (χ0v) is 14.0. The van der Waals surface area contributed by atoms with Gasteiger partial charge in [0.05, 0.1) is 18.4 Å². The number of aromatic nitrogens is 4. The minimum Gasteiger partial charge on any atom is -0.496 e. The fourth-order valence-corrected chi connectivity index (χ4v) is 3.62. The number of hydrogen-bond donors (Lipinski definition) is 1. The Labute approximate surface area is 137 Å². The molecule has 0 aliphatic heterocycles. The first kappa shape index (κ1) is 15.1. The Morgan fingerprint density at radius 2 is 2.14 bits per heavy atom. The number of H-pyrrole nitrogens is 1. The molecule has 0 aliphatic carbocycles. The van der Waals surface area contributed by atoms with Gasteiger partial charge in [0.25, 0.3) is 0 Å². The third-order valence-electron chi connectivity index (χ3n) is 3.08. The molecule has 0 saturated heterocycles. The topological polar surface area (TPSA) is 63.7 Å². The molecule has 114 valence electrons. The lowest BCUT2D eigenvalue weighted by molar-refractivity contribution is 0.416. The predicted octanol–water partition coefficient (Wildman–Crippen LogP) is 3.79. The highest BCUT2D eigenvalue weighted by molar-refractivity contribution is 7.98.